The number of hydrogen-bond donors (Lipinski definition) is 0. The van der Waals surface area contributed by atoms with Crippen molar-refractivity contribution in [2.24, 2.45) is 11.8 Å². The molecule has 29 heavy (non-hydrogen) atoms. The van der Waals surface area contributed by atoms with Crippen molar-refractivity contribution < 1.29 is 4.74 Å². The van der Waals surface area contributed by atoms with E-state index in [2.05, 4.69) is 33.0 Å². The fraction of sp³-hybridized carbons (Fsp3) is 0.818. The van der Waals surface area contributed by atoms with E-state index < -0.39 is 0 Å². The Balaban J connectivity index is 1.28. The molecule has 0 amide bonds. The van der Waals surface area contributed by atoms with E-state index in [1.807, 2.05) is 11.9 Å². The summed E-state index contributed by atoms with van der Waals surface area (Å²) in [6.07, 6.45) is 12.4. The highest BCUT2D eigenvalue weighted by molar-refractivity contribution is 7.97. The Hall–Kier alpha value is -0.560. The summed E-state index contributed by atoms with van der Waals surface area (Å²) in [5.74, 6) is 3.57. The molecule has 0 bridgehead atoms. The Labute approximate surface area is 186 Å². The maximum Gasteiger partial charge on any atom is 0.225 e. The van der Waals surface area contributed by atoms with E-state index in [1.165, 1.54) is 63.8 Å². The fourth-order valence-electron chi connectivity index (χ4n) is 4.26. The standard InChI is InChI=1S/C22H37ClN4OS/c1-3-4-15-29-27-12-7-21(8-13-27)28-14-9-18(2)19-5-10-26(11-6-19)22-24-16-20(23)17-25-22/h16-19,21H,3-15H2,1-2H3/t18-/m0/s1. The van der Waals surface area contributed by atoms with Gasteiger partial charge in [0.1, 0.15) is 0 Å². The molecule has 0 spiro atoms. The molecule has 164 valence electrons. The lowest BCUT2D eigenvalue weighted by Crippen LogP contribution is -2.37. The Morgan fingerprint density at radius 1 is 1.14 bits per heavy atom. The second-order valence-corrected chi connectivity index (χ2v) is 10.1. The minimum absolute atomic E-state index is 0.467. The number of unbranched alkanes of at least 4 members (excludes halogenated alkanes) is 1. The van der Waals surface area contributed by atoms with Crippen LogP contribution in [-0.2, 0) is 4.74 Å². The molecule has 5 nitrogen and oxygen atoms in total. The Bertz CT molecular complexity index is 575. The lowest BCUT2D eigenvalue weighted by Gasteiger charge is -2.35. The second kappa shape index (κ2) is 12.3. The molecule has 2 saturated heterocycles. The molecule has 2 fully saturated rings. The van der Waals surface area contributed by atoms with Crippen LogP contribution in [-0.4, -0.2) is 58.9 Å². The molecule has 1 aromatic heterocycles. The van der Waals surface area contributed by atoms with Crippen LogP contribution in [0.2, 0.25) is 5.02 Å². The number of piperidine rings is 2. The van der Waals surface area contributed by atoms with Gasteiger partial charge in [-0.3, -0.25) is 4.31 Å². The third-order valence-electron chi connectivity index (χ3n) is 6.33. The first-order valence-corrected chi connectivity index (χ1v) is 12.7. The molecule has 1 atom stereocenters. The third kappa shape index (κ3) is 7.57. The number of hydrogen-bond acceptors (Lipinski definition) is 6. The van der Waals surface area contributed by atoms with Crippen LogP contribution in [0, 0.1) is 11.8 Å². The van der Waals surface area contributed by atoms with Crippen LogP contribution in [0.25, 0.3) is 0 Å². The lowest BCUT2D eigenvalue weighted by molar-refractivity contribution is 0.0128. The van der Waals surface area contributed by atoms with Crippen LogP contribution in [0.15, 0.2) is 12.4 Å². The van der Waals surface area contributed by atoms with Crippen LogP contribution >= 0.6 is 23.5 Å². The monoisotopic (exact) mass is 440 g/mol. The van der Waals surface area contributed by atoms with Crippen LogP contribution < -0.4 is 4.90 Å². The van der Waals surface area contributed by atoms with E-state index >= 15 is 0 Å². The molecule has 1 aromatic rings. The average molecular weight is 441 g/mol. The fourth-order valence-corrected chi connectivity index (χ4v) is 5.50. The SMILES string of the molecule is CCCCSN1CCC(OCC[C@H](C)C2CCN(c3ncc(Cl)cn3)CC2)CC1. The molecule has 0 radical (unpaired) electrons. The molecule has 0 aromatic carbocycles. The Kier molecular flexibility index (Phi) is 9.83. The van der Waals surface area contributed by atoms with Crippen LogP contribution in [0.4, 0.5) is 5.95 Å². The zero-order valence-corrected chi connectivity index (χ0v) is 19.6. The largest absolute Gasteiger partial charge is 0.378 e. The topological polar surface area (TPSA) is 41.5 Å². The van der Waals surface area contributed by atoms with Crippen molar-refractivity contribution in [3.8, 4) is 0 Å². The van der Waals surface area contributed by atoms with Gasteiger partial charge >= 0.3 is 0 Å². The summed E-state index contributed by atoms with van der Waals surface area (Å²) in [5, 5.41) is 0.596. The predicted octanol–water partition coefficient (Wildman–Crippen LogP) is 5.30. The second-order valence-electron chi connectivity index (χ2n) is 8.48. The minimum Gasteiger partial charge on any atom is -0.378 e. The third-order valence-corrected chi connectivity index (χ3v) is 7.73. The molecule has 0 N–H and O–H groups in total. The van der Waals surface area contributed by atoms with E-state index in [0.717, 1.165) is 31.6 Å². The van der Waals surface area contributed by atoms with E-state index in [9.17, 15) is 0 Å². The number of halogens is 1. The predicted molar refractivity (Wildman–Crippen MR) is 124 cm³/mol. The van der Waals surface area contributed by atoms with Crippen molar-refractivity contribution in [1.82, 2.24) is 14.3 Å². The quantitative estimate of drug-likeness (QED) is 0.363. The van der Waals surface area contributed by atoms with E-state index in [0.29, 0.717) is 17.0 Å². The summed E-state index contributed by atoms with van der Waals surface area (Å²) in [4.78, 5) is 11.0. The summed E-state index contributed by atoms with van der Waals surface area (Å²) < 4.78 is 8.78. The van der Waals surface area contributed by atoms with Gasteiger partial charge in [-0.15, -0.1) is 0 Å². The van der Waals surface area contributed by atoms with Gasteiger partial charge in [-0.2, -0.15) is 0 Å². The van der Waals surface area contributed by atoms with Crippen LogP contribution in [0.1, 0.15) is 58.8 Å². The summed E-state index contributed by atoms with van der Waals surface area (Å²) in [6, 6.07) is 0. The average Bonchev–Trinajstić information content (AvgIpc) is 2.76. The number of aromatic nitrogens is 2. The first-order valence-electron chi connectivity index (χ1n) is 11.4. The van der Waals surface area contributed by atoms with Gasteiger partial charge in [-0.25, -0.2) is 9.97 Å². The van der Waals surface area contributed by atoms with Gasteiger partial charge in [0.05, 0.1) is 23.5 Å². The summed E-state index contributed by atoms with van der Waals surface area (Å²) in [6.45, 7) is 10.0. The van der Waals surface area contributed by atoms with Gasteiger partial charge < -0.3 is 9.64 Å². The molecule has 0 aliphatic carbocycles. The van der Waals surface area contributed by atoms with Crippen molar-refractivity contribution in [1.29, 1.82) is 0 Å². The molecule has 0 unspecified atom stereocenters. The van der Waals surface area contributed by atoms with Gasteiger partial charge in [0.15, 0.2) is 0 Å². The molecular formula is C22H37ClN4OS. The molecule has 2 aliphatic rings. The zero-order chi connectivity index (χ0) is 20.5. The highest BCUT2D eigenvalue weighted by atomic mass is 35.5. The van der Waals surface area contributed by atoms with E-state index in [4.69, 9.17) is 16.3 Å². The van der Waals surface area contributed by atoms with Crippen molar-refractivity contribution in [3.63, 3.8) is 0 Å². The summed E-state index contributed by atoms with van der Waals surface area (Å²) in [7, 11) is 0. The van der Waals surface area contributed by atoms with Crippen molar-refractivity contribution >= 4 is 29.5 Å². The normalized spacial score (nSPS) is 20.9. The molecule has 3 heterocycles. The molecule has 0 saturated carbocycles. The highest BCUT2D eigenvalue weighted by Gasteiger charge is 2.26. The number of rotatable bonds is 10. The van der Waals surface area contributed by atoms with E-state index in [-0.39, 0.29) is 0 Å². The van der Waals surface area contributed by atoms with E-state index in [1.54, 1.807) is 12.4 Å². The maximum absolute atomic E-state index is 6.24. The molecule has 7 heteroatoms. The first-order chi connectivity index (χ1) is 14.2. The Morgan fingerprint density at radius 2 is 1.83 bits per heavy atom. The van der Waals surface area contributed by atoms with Crippen molar-refractivity contribution in [2.45, 2.75) is 64.9 Å². The van der Waals surface area contributed by atoms with Gasteiger partial charge in [0.2, 0.25) is 5.95 Å². The van der Waals surface area contributed by atoms with Gasteiger partial charge in [-0.05, 0) is 50.4 Å². The van der Waals surface area contributed by atoms with Crippen molar-refractivity contribution in [3.05, 3.63) is 17.4 Å². The minimum atomic E-state index is 0.467. The first kappa shape index (κ1) is 23.1. The summed E-state index contributed by atoms with van der Waals surface area (Å²) in [5.41, 5.74) is 0. The van der Waals surface area contributed by atoms with Crippen molar-refractivity contribution in [2.75, 3.05) is 43.4 Å². The smallest absolute Gasteiger partial charge is 0.225 e. The van der Waals surface area contributed by atoms with Crippen LogP contribution in [0.5, 0.6) is 0 Å². The van der Waals surface area contributed by atoms with Gasteiger partial charge in [-0.1, -0.05) is 43.8 Å². The molecule has 3 rings (SSSR count). The van der Waals surface area contributed by atoms with Gasteiger partial charge in [0.25, 0.3) is 0 Å². The molecule has 2 aliphatic heterocycles. The lowest BCUT2D eigenvalue weighted by atomic mass is 9.84. The highest BCUT2D eigenvalue weighted by Crippen LogP contribution is 2.29. The number of nitrogens with zero attached hydrogens (tertiary/aromatic N) is 4. The van der Waals surface area contributed by atoms with Gasteiger partial charge in [0, 0.05) is 38.5 Å². The molecular weight excluding hydrogens is 404 g/mol. The summed E-state index contributed by atoms with van der Waals surface area (Å²) >= 11 is 7.92. The number of ether oxygens (including phenoxy) is 1. The number of anilines is 1. The zero-order valence-electron chi connectivity index (χ0n) is 18.1. The van der Waals surface area contributed by atoms with Crippen LogP contribution in [0.3, 0.4) is 0 Å². The maximum atomic E-state index is 6.24. The Morgan fingerprint density at radius 3 is 2.48 bits per heavy atom.